The lowest BCUT2D eigenvalue weighted by Crippen LogP contribution is -2.05. The van der Waals surface area contributed by atoms with Gasteiger partial charge in [0.15, 0.2) is 0 Å². The fourth-order valence-electron chi connectivity index (χ4n) is 1.20. The monoisotopic (exact) mass is 282 g/mol. The number of aromatic amines is 1. The Morgan fingerprint density at radius 3 is 3.00 bits per heavy atom. The normalized spacial score (nSPS) is 10.4. The van der Waals surface area contributed by atoms with Crippen LogP contribution in [0.4, 0.5) is 5.82 Å². The molecule has 0 aliphatic carbocycles. The maximum atomic E-state index is 4.34. The molecule has 2 aromatic rings. The van der Waals surface area contributed by atoms with E-state index in [-0.39, 0.29) is 0 Å². The lowest BCUT2D eigenvalue weighted by Gasteiger charge is -2.05. The van der Waals surface area contributed by atoms with Gasteiger partial charge in [0.05, 0.1) is 6.54 Å². The Kier molecular flexibility index (Phi) is 3.45. The molecule has 0 saturated carbocycles. The first kappa shape index (κ1) is 11.0. The van der Waals surface area contributed by atoms with Crippen molar-refractivity contribution in [3.63, 3.8) is 0 Å². The molecule has 0 aromatic carbocycles. The number of halogens is 1. The van der Waals surface area contributed by atoms with Gasteiger partial charge in [-0.25, -0.2) is 15.0 Å². The average molecular weight is 283 g/mol. The largest absolute Gasteiger partial charge is 0.363 e. The molecule has 2 aromatic heterocycles. The Morgan fingerprint density at radius 1 is 1.44 bits per heavy atom. The third kappa shape index (κ3) is 2.75. The van der Waals surface area contributed by atoms with Gasteiger partial charge in [0.1, 0.15) is 28.4 Å². The maximum Gasteiger partial charge on any atom is 0.143 e. The van der Waals surface area contributed by atoms with Gasteiger partial charge in [0, 0.05) is 12.5 Å². The van der Waals surface area contributed by atoms with Crippen molar-refractivity contribution in [3.8, 4) is 0 Å². The van der Waals surface area contributed by atoms with E-state index in [0.717, 1.165) is 28.5 Å². The molecule has 0 unspecified atom stereocenters. The Balaban J connectivity index is 2.06. The van der Waals surface area contributed by atoms with Crippen molar-refractivity contribution in [2.75, 3.05) is 5.32 Å². The van der Waals surface area contributed by atoms with E-state index in [4.69, 9.17) is 0 Å². The van der Waals surface area contributed by atoms with Crippen LogP contribution in [0.15, 0.2) is 17.0 Å². The SMILES string of the molecule is CCc1nc(Br)cc(NCc2ncn[nH]2)n1. The highest BCUT2D eigenvalue weighted by atomic mass is 79.9. The highest BCUT2D eigenvalue weighted by molar-refractivity contribution is 9.10. The molecule has 0 saturated heterocycles. The lowest BCUT2D eigenvalue weighted by molar-refractivity contribution is 0.904. The zero-order valence-electron chi connectivity index (χ0n) is 8.74. The smallest absolute Gasteiger partial charge is 0.143 e. The molecule has 0 radical (unpaired) electrons. The molecular weight excluding hydrogens is 272 g/mol. The first-order chi connectivity index (χ1) is 7.78. The van der Waals surface area contributed by atoms with Gasteiger partial charge < -0.3 is 5.32 Å². The first-order valence-corrected chi connectivity index (χ1v) is 5.69. The fraction of sp³-hybridized carbons (Fsp3) is 0.333. The van der Waals surface area contributed by atoms with Gasteiger partial charge in [-0.05, 0) is 15.9 Å². The number of nitrogens with zero attached hydrogens (tertiary/aromatic N) is 4. The van der Waals surface area contributed by atoms with Crippen molar-refractivity contribution in [1.82, 2.24) is 25.1 Å². The van der Waals surface area contributed by atoms with E-state index < -0.39 is 0 Å². The van der Waals surface area contributed by atoms with Gasteiger partial charge in [-0.1, -0.05) is 6.92 Å². The van der Waals surface area contributed by atoms with Gasteiger partial charge in [-0.3, -0.25) is 5.10 Å². The summed E-state index contributed by atoms with van der Waals surface area (Å²) in [5.74, 6) is 2.34. The summed E-state index contributed by atoms with van der Waals surface area (Å²) < 4.78 is 0.777. The summed E-state index contributed by atoms with van der Waals surface area (Å²) in [5, 5.41) is 9.69. The highest BCUT2D eigenvalue weighted by Gasteiger charge is 2.02. The van der Waals surface area contributed by atoms with Gasteiger partial charge in [0.2, 0.25) is 0 Å². The molecule has 0 bridgehead atoms. The molecular formula is C9H11BrN6. The summed E-state index contributed by atoms with van der Waals surface area (Å²) in [7, 11) is 0. The first-order valence-electron chi connectivity index (χ1n) is 4.89. The molecule has 0 aliphatic rings. The zero-order valence-corrected chi connectivity index (χ0v) is 10.3. The summed E-state index contributed by atoms with van der Waals surface area (Å²) in [4.78, 5) is 12.6. The topological polar surface area (TPSA) is 79.4 Å². The Morgan fingerprint density at radius 2 is 2.31 bits per heavy atom. The van der Waals surface area contributed by atoms with Crippen LogP contribution < -0.4 is 5.32 Å². The lowest BCUT2D eigenvalue weighted by atomic mass is 10.4. The second-order valence-corrected chi connectivity index (χ2v) is 3.94. The number of nitrogens with one attached hydrogen (secondary N) is 2. The quantitative estimate of drug-likeness (QED) is 0.832. The zero-order chi connectivity index (χ0) is 11.4. The van der Waals surface area contributed by atoms with Crippen molar-refractivity contribution < 1.29 is 0 Å². The Bertz CT molecular complexity index is 455. The van der Waals surface area contributed by atoms with Gasteiger partial charge >= 0.3 is 0 Å². The number of aromatic nitrogens is 5. The summed E-state index contributed by atoms with van der Waals surface area (Å²) in [6, 6.07) is 1.83. The van der Waals surface area contributed by atoms with E-state index >= 15 is 0 Å². The van der Waals surface area contributed by atoms with Crippen molar-refractivity contribution in [2.45, 2.75) is 19.9 Å². The standard InChI is InChI=1S/C9H11BrN6/c1-2-7-14-6(10)3-8(15-7)11-4-9-12-5-13-16-9/h3,5H,2,4H2,1H3,(H,11,14,15)(H,12,13,16). The summed E-state index contributed by atoms with van der Waals surface area (Å²) in [6.07, 6.45) is 2.28. The second-order valence-electron chi connectivity index (χ2n) is 3.13. The van der Waals surface area contributed by atoms with Crippen LogP contribution in [0, 0.1) is 0 Å². The van der Waals surface area contributed by atoms with Crippen LogP contribution in [-0.4, -0.2) is 25.1 Å². The fourth-order valence-corrected chi connectivity index (χ4v) is 1.63. The van der Waals surface area contributed by atoms with Crippen LogP contribution in [0.1, 0.15) is 18.6 Å². The Labute approximate surface area is 101 Å². The molecule has 0 aliphatic heterocycles. The predicted molar refractivity (Wildman–Crippen MR) is 62.8 cm³/mol. The minimum absolute atomic E-state index is 0.562. The molecule has 2 rings (SSSR count). The van der Waals surface area contributed by atoms with Crippen LogP contribution >= 0.6 is 15.9 Å². The predicted octanol–water partition coefficient (Wildman–Crippen LogP) is 1.53. The number of hydrogen-bond donors (Lipinski definition) is 2. The molecule has 2 N–H and O–H groups in total. The van der Waals surface area contributed by atoms with Crippen LogP contribution in [0.3, 0.4) is 0 Å². The second kappa shape index (κ2) is 5.02. The van der Waals surface area contributed by atoms with E-state index in [9.17, 15) is 0 Å². The molecule has 0 amide bonds. The molecule has 0 spiro atoms. The highest BCUT2D eigenvalue weighted by Crippen LogP contribution is 2.12. The molecule has 7 heteroatoms. The minimum Gasteiger partial charge on any atom is -0.363 e. The number of anilines is 1. The molecule has 2 heterocycles. The number of hydrogen-bond acceptors (Lipinski definition) is 5. The van der Waals surface area contributed by atoms with Crippen molar-refractivity contribution >= 4 is 21.7 Å². The van der Waals surface area contributed by atoms with Gasteiger partial charge in [-0.15, -0.1) is 0 Å². The summed E-state index contributed by atoms with van der Waals surface area (Å²) >= 11 is 3.35. The van der Waals surface area contributed by atoms with Crippen molar-refractivity contribution in [2.24, 2.45) is 0 Å². The summed E-state index contributed by atoms with van der Waals surface area (Å²) in [6.45, 7) is 2.58. The summed E-state index contributed by atoms with van der Waals surface area (Å²) in [5.41, 5.74) is 0. The maximum absolute atomic E-state index is 4.34. The van der Waals surface area contributed by atoms with Gasteiger partial charge in [0.25, 0.3) is 0 Å². The molecule has 0 atom stereocenters. The minimum atomic E-state index is 0.562. The van der Waals surface area contributed by atoms with E-state index in [1.807, 2.05) is 13.0 Å². The van der Waals surface area contributed by atoms with E-state index in [1.54, 1.807) is 0 Å². The third-order valence-electron chi connectivity index (χ3n) is 1.96. The number of rotatable bonds is 4. The number of aryl methyl sites for hydroxylation is 1. The molecule has 6 nitrogen and oxygen atoms in total. The molecule has 16 heavy (non-hydrogen) atoms. The van der Waals surface area contributed by atoms with E-state index in [2.05, 4.69) is 46.4 Å². The van der Waals surface area contributed by atoms with Crippen LogP contribution in [-0.2, 0) is 13.0 Å². The number of H-pyrrole nitrogens is 1. The van der Waals surface area contributed by atoms with Crippen LogP contribution in [0.25, 0.3) is 0 Å². The Hall–Kier alpha value is -1.50. The average Bonchev–Trinajstić information content (AvgIpc) is 2.78. The van der Waals surface area contributed by atoms with Crippen molar-refractivity contribution in [1.29, 1.82) is 0 Å². The van der Waals surface area contributed by atoms with Gasteiger partial charge in [-0.2, -0.15) is 5.10 Å². The van der Waals surface area contributed by atoms with Crippen molar-refractivity contribution in [3.05, 3.63) is 28.6 Å². The third-order valence-corrected chi connectivity index (χ3v) is 2.37. The molecule has 84 valence electrons. The van der Waals surface area contributed by atoms with E-state index in [1.165, 1.54) is 6.33 Å². The van der Waals surface area contributed by atoms with Crippen LogP contribution in [0.2, 0.25) is 0 Å². The van der Waals surface area contributed by atoms with Crippen LogP contribution in [0.5, 0.6) is 0 Å². The molecule has 0 fully saturated rings. The van der Waals surface area contributed by atoms with E-state index in [0.29, 0.717) is 6.54 Å².